The molecule has 0 spiro atoms. The van der Waals surface area contributed by atoms with Crippen molar-refractivity contribution in [2.75, 3.05) is 26.4 Å². The first-order valence-corrected chi connectivity index (χ1v) is 15.7. The van der Waals surface area contributed by atoms with Gasteiger partial charge in [-0.15, -0.1) is 0 Å². The standard InChI is InChI=1S/C30H54O13/c1-5-6-7-8-9-10-11-12-13-14-23(34)41-27-26(38-17-19(2)3)24(35)21(15-31)40-29(27)43-30(18-39-20(4)33)28(37)25(36)22(16-32)42-30/h19,21-22,24-29,31-32,35-37H,5-18H2,1-4H3/t21-,22-,24-,25-,26+,27-,28+,29-,30+/m1/s1. The normalized spacial score (nSPS) is 32.7. The Morgan fingerprint density at radius 1 is 0.860 bits per heavy atom. The van der Waals surface area contributed by atoms with Crippen molar-refractivity contribution in [3.8, 4) is 0 Å². The van der Waals surface area contributed by atoms with Crippen LogP contribution in [0.5, 0.6) is 0 Å². The van der Waals surface area contributed by atoms with Crippen molar-refractivity contribution in [2.45, 2.75) is 147 Å². The van der Waals surface area contributed by atoms with Gasteiger partial charge < -0.3 is 54.0 Å². The van der Waals surface area contributed by atoms with E-state index in [1.165, 1.54) is 25.7 Å². The topological polar surface area (TPSA) is 191 Å². The van der Waals surface area contributed by atoms with Crippen molar-refractivity contribution < 1.29 is 63.5 Å². The summed E-state index contributed by atoms with van der Waals surface area (Å²) in [6.45, 7) is 5.21. The van der Waals surface area contributed by atoms with Crippen LogP contribution in [0.25, 0.3) is 0 Å². The molecule has 2 aliphatic rings. The van der Waals surface area contributed by atoms with E-state index >= 15 is 0 Å². The lowest BCUT2D eigenvalue weighted by molar-refractivity contribution is -0.386. The molecule has 0 bridgehead atoms. The summed E-state index contributed by atoms with van der Waals surface area (Å²) in [4.78, 5) is 24.6. The minimum atomic E-state index is -2.24. The highest BCUT2D eigenvalue weighted by Gasteiger charge is 2.60. The Labute approximate surface area is 254 Å². The van der Waals surface area contributed by atoms with Crippen LogP contribution < -0.4 is 0 Å². The summed E-state index contributed by atoms with van der Waals surface area (Å²) in [6, 6.07) is 0. The number of ether oxygens (including phenoxy) is 6. The van der Waals surface area contributed by atoms with Gasteiger partial charge >= 0.3 is 11.9 Å². The van der Waals surface area contributed by atoms with Crippen molar-refractivity contribution in [3.05, 3.63) is 0 Å². The summed E-state index contributed by atoms with van der Waals surface area (Å²) < 4.78 is 34.2. The van der Waals surface area contributed by atoms with Gasteiger partial charge in [0.25, 0.3) is 0 Å². The third-order valence-electron chi connectivity index (χ3n) is 7.65. The van der Waals surface area contributed by atoms with Gasteiger partial charge in [-0.25, -0.2) is 0 Å². The predicted octanol–water partition coefficient (Wildman–Crippen LogP) is 1.33. The number of hydrogen-bond acceptors (Lipinski definition) is 13. The van der Waals surface area contributed by atoms with Gasteiger partial charge in [0.05, 0.1) is 13.2 Å². The fourth-order valence-electron chi connectivity index (χ4n) is 5.20. The third-order valence-corrected chi connectivity index (χ3v) is 7.65. The molecule has 2 saturated heterocycles. The lowest BCUT2D eigenvalue weighted by atomic mass is 9.97. The number of esters is 2. The number of hydrogen-bond donors (Lipinski definition) is 5. The molecule has 43 heavy (non-hydrogen) atoms. The lowest BCUT2D eigenvalue weighted by Gasteiger charge is -2.46. The maximum atomic E-state index is 13.0. The molecule has 0 aromatic heterocycles. The number of rotatable bonds is 20. The minimum absolute atomic E-state index is 0.0380. The van der Waals surface area contributed by atoms with Crippen LogP contribution in [0.2, 0.25) is 0 Å². The minimum Gasteiger partial charge on any atom is -0.460 e. The van der Waals surface area contributed by atoms with E-state index in [1.807, 2.05) is 13.8 Å². The Kier molecular flexibility index (Phi) is 16.8. The van der Waals surface area contributed by atoms with E-state index in [9.17, 15) is 35.1 Å². The molecule has 2 fully saturated rings. The maximum absolute atomic E-state index is 13.0. The molecule has 13 nitrogen and oxygen atoms in total. The van der Waals surface area contributed by atoms with E-state index in [2.05, 4.69) is 6.92 Å². The molecule has 0 unspecified atom stereocenters. The molecule has 0 saturated carbocycles. The van der Waals surface area contributed by atoms with E-state index in [-0.39, 0.29) is 18.9 Å². The van der Waals surface area contributed by atoms with Gasteiger partial charge in [-0.1, -0.05) is 72.1 Å². The van der Waals surface area contributed by atoms with Crippen LogP contribution in [0.1, 0.15) is 91.9 Å². The van der Waals surface area contributed by atoms with E-state index in [0.717, 1.165) is 32.6 Å². The first-order chi connectivity index (χ1) is 20.5. The van der Waals surface area contributed by atoms with Gasteiger partial charge in [-0.3, -0.25) is 9.59 Å². The Hall–Kier alpha value is -1.42. The molecule has 0 radical (unpaired) electrons. The van der Waals surface area contributed by atoms with E-state index in [0.29, 0.717) is 6.42 Å². The van der Waals surface area contributed by atoms with Crippen LogP contribution in [0.3, 0.4) is 0 Å². The van der Waals surface area contributed by atoms with E-state index in [4.69, 9.17) is 28.4 Å². The first kappa shape index (κ1) is 37.8. The molecular weight excluding hydrogens is 568 g/mol. The zero-order valence-electron chi connectivity index (χ0n) is 26.1. The highest BCUT2D eigenvalue weighted by atomic mass is 16.8. The van der Waals surface area contributed by atoms with Crippen molar-refractivity contribution in [1.29, 1.82) is 0 Å². The predicted molar refractivity (Wildman–Crippen MR) is 152 cm³/mol. The SMILES string of the molecule is CCCCCCCCCCCC(=O)O[C@H]1[C@@H](O[C@]2(COC(C)=O)O[C@H](CO)[C@@H](O)[C@@H]2O)O[C@H](CO)[C@@H](O)[C@@H]1OCC(C)C. The molecule has 13 heteroatoms. The molecule has 0 aromatic carbocycles. The molecule has 252 valence electrons. The summed E-state index contributed by atoms with van der Waals surface area (Å²) in [6.07, 6.45) is -1.89. The zero-order valence-corrected chi connectivity index (χ0v) is 26.1. The van der Waals surface area contributed by atoms with Crippen LogP contribution in [0.4, 0.5) is 0 Å². The summed E-state index contributed by atoms with van der Waals surface area (Å²) in [5.74, 6) is -3.53. The fraction of sp³-hybridized carbons (Fsp3) is 0.933. The zero-order chi connectivity index (χ0) is 32.0. The molecule has 0 aliphatic carbocycles. The summed E-state index contributed by atoms with van der Waals surface area (Å²) >= 11 is 0. The van der Waals surface area contributed by atoms with Crippen molar-refractivity contribution in [1.82, 2.24) is 0 Å². The van der Waals surface area contributed by atoms with Crippen molar-refractivity contribution in [3.63, 3.8) is 0 Å². The summed E-state index contributed by atoms with van der Waals surface area (Å²) in [7, 11) is 0. The third kappa shape index (κ3) is 11.5. The molecular formula is C30H54O13. The Bertz CT molecular complexity index is 811. The first-order valence-electron chi connectivity index (χ1n) is 15.7. The molecule has 2 aliphatic heterocycles. The monoisotopic (exact) mass is 622 g/mol. The number of carbonyl (C=O) groups is 2. The number of aliphatic hydroxyl groups is 5. The average molecular weight is 623 g/mol. The van der Waals surface area contributed by atoms with Crippen LogP contribution in [-0.4, -0.2) is 119 Å². The second-order valence-corrected chi connectivity index (χ2v) is 11.9. The smallest absolute Gasteiger partial charge is 0.306 e. The van der Waals surface area contributed by atoms with Crippen molar-refractivity contribution >= 4 is 11.9 Å². The fourth-order valence-corrected chi connectivity index (χ4v) is 5.20. The Morgan fingerprint density at radius 2 is 1.47 bits per heavy atom. The maximum Gasteiger partial charge on any atom is 0.306 e. The number of unbranched alkanes of at least 4 members (excludes halogenated alkanes) is 8. The van der Waals surface area contributed by atoms with Crippen LogP contribution in [0.15, 0.2) is 0 Å². The van der Waals surface area contributed by atoms with E-state index in [1.54, 1.807) is 0 Å². The quantitative estimate of drug-likeness (QED) is 0.0966. The average Bonchev–Trinajstić information content (AvgIpc) is 3.20. The van der Waals surface area contributed by atoms with Gasteiger partial charge in [0, 0.05) is 20.0 Å². The van der Waals surface area contributed by atoms with Gasteiger partial charge in [-0.2, -0.15) is 0 Å². The Morgan fingerprint density at radius 3 is 2.00 bits per heavy atom. The molecule has 5 N–H and O–H groups in total. The van der Waals surface area contributed by atoms with Gasteiger partial charge in [-0.05, 0) is 12.3 Å². The molecule has 2 heterocycles. The summed E-state index contributed by atoms with van der Waals surface area (Å²) in [5.41, 5.74) is 0. The number of aliphatic hydroxyl groups excluding tert-OH is 5. The summed E-state index contributed by atoms with van der Waals surface area (Å²) in [5, 5.41) is 51.9. The highest BCUT2D eigenvalue weighted by Crippen LogP contribution is 2.38. The van der Waals surface area contributed by atoms with E-state index < -0.39 is 86.6 Å². The van der Waals surface area contributed by atoms with Gasteiger partial charge in [0.15, 0.2) is 6.10 Å². The van der Waals surface area contributed by atoms with Crippen molar-refractivity contribution in [2.24, 2.45) is 5.92 Å². The molecule has 9 atom stereocenters. The lowest BCUT2D eigenvalue weighted by Crippen LogP contribution is -2.64. The number of carbonyl (C=O) groups excluding carboxylic acids is 2. The second-order valence-electron chi connectivity index (χ2n) is 11.9. The molecule has 0 aromatic rings. The molecule has 0 amide bonds. The Balaban J connectivity index is 2.21. The van der Waals surface area contributed by atoms with Crippen LogP contribution in [0, 0.1) is 5.92 Å². The molecule has 2 rings (SSSR count). The van der Waals surface area contributed by atoms with Gasteiger partial charge in [0.2, 0.25) is 12.1 Å². The largest absolute Gasteiger partial charge is 0.460 e. The van der Waals surface area contributed by atoms with Gasteiger partial charge in [0.1, 0.15) is 43.2 Å². The van der Waals surface area contributed by atoms with Crippen LogP contribution >= 0.6 is 0 Å². The highest BCUT2D eigenvalue weighted by molar-refractivity contribution is 5.69. The second kappa shape index (κ2) is 19.2. The van der Waals surface area contributed by atoms with Crippen LogP contribution in [-0.2, 0) is 38.0 Å².